The van der Waals surface area contributed by atoms with Gasteiger partial charge in [-0.3, -0.25) is 10.2 Å². The highest BCUT2D eigenvalue weighted by Gasteiger charge is 2.45. The number of hydrogen-bond donors (Lipinski definition) is 6. The van der Waals surface area contributed by atoms with Crippen LogP contribution >= 0.6 is 0 Å². The van der Waals surface area contributed by atoms with Crippen molar-refractivity contribution in [2.24, 2.45) is 0 Å². The third-order valence-electron chi connectivity index (χ3n) is 11.0. The van der Waals surface area contributed by atoms with Crippen molar-refractivity contribution in [3.05, 3.63) is 0 Å². The summed E-state index contributed by atoms with van der Waals surface area (Å²) >= 11 is 0. The van der Waals surface area contributed by atoms with Gasteiger partial charge in [-0.25, -0.2) is 0 Å². The largest absolute Gasteiger partial charge is 0.403 e. The molecule has 2 fully saturated rings. The highest BCUT2D eigenvalue weighted by atomic mass is 19.4. The Kier molecular flexibility index (Phi) is 27.1. The Morgan fingerprint density at radius 3 is 1.70 bits per heavy atom. The van der Waals surface area contributed by atoms with E-state index >= 15 is 0 Å². The topological polar surface area (TPSA) is 144 Å². The van der Waals surface area contributed by atoms with Crippen LogP contribution in [-0.4, -0.2) is 132 Å². The molecule has 2 aliphatic rings. The summed E-state index contributed by atoms with van der Waals surface area (Å²) in [6.07, 6.45) is 9.33. The molecule has 0 bridgehead atoms. The molecule has 6 unspecified atom stereocenters. The molecule has 0 radical (unpaired) electrons. The normalized spacial score (nSPS) is 24.7. The third-order valence-corrected chi connectivity index (χ3v) is 11.0. The summed E-state index contributed by atoms with van der Waals surface area (Å²) in [5.41, 5.74) is 0. The van der Waals surface area contributed by atoms with Gasteiger partial charge in [0.15, 0.2) is 6.29 Å². The minimum absolute atomic E-state index is 0.134. The lowest BCUT2D eigenvalue weighted by atomic mass is 9.98. The molecule has 2 rings (SSSR count). The van der Waals surface area contributed by atoms with E-state index in [1.165, 1.54) is 51.4 Å². The molecule has 13 heteroatoms. The van der Waals surface area contributed by atoms with Crippen molar-refractivity contribution in [2.45, 2.75) is 210 Å². The molecule has 0 aromatic rings. The second-order valence-electron chi connectivity index (χ2n) is 15.6. The van der Waals surface area contributed by atoms with E-state index in [1.807, 2.05) is 0 Å². The smallest absolute Gasteiger partial charge is 0.394 e. The summed E-state index contributed by atoms with van der Waals surface area (Å²) in [7, 11) is 0. The molecule has 0 aromatic carbocycles. The van der Waals surface area contributed by atoms with E-state index < -0.39 is 68.3 Å². The van der Waals surface area contributed by atoms with Crippen molar-refractivity contribution >= 4 is 0 Å². The number of ether oxygens (including phenoxy) is 3. The predicted molar refractivity (Wildman–Crippen MR) is 202 cm³/mol. The standard InChI is InChI=1S/C40H77F3N2O8/c1-2-3-4-5-6-7-8-9-10-11-14-17-20-23-33(47)32(31-52-39-38(50)37(49)36(48)34(30-46)53-39)44-35(40(41,42)43)24-21-18-15-12-13-16-19-22-25-45-26-28-51-29-27-45/h32-39,44,46-50H,2-31H2,1H3/t32-,33+,34?,35?,36?,37?,38?,39?/m0/s1. The van der Waals surface area contributed by atoms with Crippen molar-refractivity contribution < 1.29 is 52.9 Å². The van der Waals surface area contributed by atoms with Crippen LogP contribution < -0.4 is 5.32 Å². The number of nitrogens with one attached hydrogen (secondary N) is 1. The molecule has 53 heavy (non-hydrogen) atoms. The van der Waals surface area contributed by atoms with Crippen molar-refractivity contribution in [1.82, 2.24) is 10.2 Å². The Morgan fingerprint density at radius 2 is 1.19 bits per heavy atom. The SMILES string of the molecule is CCCCCCCCCCCCCCC[C@@H](O)[C@H](COC1OC(CO)C(O)C(O)C1O)NC(CCCCCCCCCCN1CCOCC1)C(F)(F)F. The fraction of sp³-hybridized carbons (Fsp3) is 1.00. The van der Waals surface area contributed by atoms with Gasteiger partial charge in [-0.05, 0) is 25.8 Å². The fourth-order valence-corrected chi connectivity index (χ4v) is 7.42. The number of aliphatic hydroxyl groups excluding tert-OH is 5. The predicted octanol–water partition coefficient (Wildman–Crippen LogP) is 6.38. The maximum Gasteiger partial charge on any atom is 0.403 e. The first-order valence-electron chi connectivity index (χ1n) is 21.3. The Bertz CT molecular complexity index is 855. The first-order chi connectivity index (χ1) is 25.6. The Hall–Kier alpha value is -0.610. The quantitative estimate of drug-likeness (QED) is 0.0427. The number of halogens is 3. The van der Waals surface area contributed by atoms with E-state index in [1.54, 1.807) is 0 Å². The molecule has 10 nitrogen and oxygen atoms in total. The fourth-order valence-electron chi connectivity index (χ4n) is 7.42. The zero-order valence-corrected chi connectivity index (χ0v) is 32.9. The second-order valence-corrected chi connectivity index (χ2v) is 15.6. The monoisotopic (exact) mass is 771 g/mol. The average Bonchev–Trinajstić information content (AvgIpc) is 3.14. The van der Waals surface area contributed by atoms with E-state index in [9.17, 15) is 38.7 Å². The number of unbranched alkanes of at least 4 members (excludes halogenated alkanes) is 19. The molecule has 2 saturated heterocycles. The van der Waals surface area contributed by atoms with Gasteiger partial charge in [-0.1, -0.05) is 135 Å². The maximum absolute atomic E-state index is 14.3. The molecule has 0 aliphatic carbocycles. The highest BCUT2D eigenvalue weighted by Crippen LogP contribution is 2.27. The molecule has 0 saturated carbocycles. The number of hydrogen-bond acceptors (Lipinski definition) is 10. The van der Waals surface area contributed by atoms with Crippen LogP contribution in [0.15, 0.2) is 0 Å². The van der Waals surface area contributed by atoms with Crippen LogP contribution in [0.1, 0.15) is 155 Å². The van der Waals surface area contributed by atoms with Gasteiger partial charge in [-0.15, -0.1) is 0 Å². The second kappa shape index (κ2) is 29.6. The number of nitrogens with zero attached hydrogens (tertiary/aromatic N) is 1. The van der Waals surface area contributed by atoms with Crippen LogP contribution in [0, 0.1) is 0 Å². The molecular formula is C40H77F3N2O8. The minimum atomic E-state index is -4.54. The maximum atomic E-state index is 14.3. The van der Waals surface area contributed by atoms with Crippen LogP contribution in [0.25, 0.3) is 0 Å². The zero-order chi connectivity index (χ0) is 38.7. The van der Waals surface area contributed by atoms with Gasteiger partial charge in [-0.2, -0.15) is 13.2 Å². The van der Waals surface area contributed by atoms with Crippen LogP contribution in [0.3, 0.4) is 0 Å². The zero-order valence-electron chi connectivity index (χ0n) is 32.9. The van der Waals surface area contributed by atoms with Crippen LogP contribution in [0.2, 0.25) is 0 Å². The first kappa shape index (κ1) is 48.5. The van der Waals surface area contributed by atoms with E-state index in [-0.39, 0.29) is 12.8 Å². The van der Waals surface area contributed by atoms with E-state index in [2.05, 4.69) is 17.1 Å². The molecule has 2 aliphatic heterocycles. The van der Waals surface area contributed by atoms with Gasteiger partial charge in [0.25, 0.3) is 0 Å². The first-order valence-corrected chi connectivity index (χ1v) is 21.3. The van der Waals surface area contributed by atoms with Gasteiger partial charge < -0.3 is 39.7 Å². The van der Waals surface area contributed by atoms with Crippen LogP contribution in [-0.2, 0) is 14.2 Å². The van der Waals surface area contributed by atoms with Gasteiger partial charge in [0, 0.05) is 13.1 Å². The molecule has 6 N–H and O–H groups in total. The molecular weight excluding hydrogens is 693 g/mol. The summed E-state index contributed by atoms with van der Waals surface area (Å²) in [5, 5.41) is 54.0. The van der Waals surface area contributed by atoms with Crippen molar-refractivity contribution in [3.8, 4) is 0 Å². The molecule has 0 aromatic heterocycles. The van der Waals surface area contributed by atoms with Gasteiger partial charge in [0.05, 0.1) is 38.6 Å². The molecule has 2 heterocycles. The summed E-state index contributed by atoms with van der Waals surface area (Å²) in [5.74, 6) is 0. The number of alkyl halides is 3. The minimum Gasteiger partial charge on any atom is -0.394 e. The third kappa shape index (κ3) is 21.5. The van der Waals surface area contributed by atoms with E-state index in [0.29, 0.717) is 19.3 Å². The number of rotatable bonds is 32. The Morgan fingerprint density at radius 1 is 0.698 bits per heavy atom. The lowest BCUT2D eigenvalue weighted by molar-refractivity contribution is -0.303. The van der Waals surface area contributed by atoms with Gasteiger partial charge in [0.2, 0.25) is 0 Å². The summed E-state index contributed by atoms with van der Waals surface area (Å²) in [6.45, 7) is 5.85. The average molecular weight is 771 g/mol. The molecule has 316 valence electrons. The van der Waals surface area contributed by atoms with E-state index in [4.69, 9.17) is 14.2 Å². The van der Waals surface area contributed by atoms with Crippen LogP contribution in [0.5, 0.6) is 0 Å². The van der Waals surface area contributed by atoms with E-state index in [0.717, 1.165) is 97.1 Å². The van der Waals surface area contributed by atoms with Gasteiger partial charge in [0.1, 0.15) is 30.5 Å². The Balaban J connectivity index is 1.79. The number of morpholine rings is 1. The Labute approximate surface area is 318 Å². The summed E-state index contributed by atoms with van der Waals surface area (Å²) < 4.78 is 59.3. The summed E-state index contributed by atoms with van der Waals surface area (Å²) in [4.78, 5) is 2.43. The van der Waals surface area contributed by atoms with Crippen molar-refractivity contribution in [1.29, 1.82) is 0 Å². The van der Waals surface area contributed by atoms with Gasteiger partial charge >= 0.3 is 6.18 Å². The highest BCUT2D eigenvalue weighted by molar-refractivity contribution is 4.90. The molecule has 0 spiro atoms. The number of aliphatic hydroxyl groups is 5. The van der Waals surface area contributed by atoms with Crippen molar-refractivity contribution in [3.63, 3.8) is 0 Å². The molecule has 0 amide bonds. The van der Waals surface area contributed by atoms with Crippen molar-refractivity contribution in [2.75, 3.05) is 46.1 Å². The lowest BCUT2D eigenvalue weighted by Crippen LogP contribution is -2.60. The molecule has 8 atom stereocenters. The lowest BCUT2D eigenvalue weighted by Gasteiger charge is -2.40. The van der Waals surface area contributed by atoms with Crippen LogP contribution in [0.4, 0.5) is 13.2 Å². The summed E-state index contributed by atoms with van der Waals surface area (Å²) in [6, 6.07) is -2.98.